The van der Waals surface area contributed by atoms with E-state index in [0.717, 1.165) is 0 Å². The first-order chi connectivity index (χ1) is 3.27. The Morgan fingerprint density at radius 2 is 2.43 bits per heavy atom. The molecule has 0 aromatic rings. The number of carbonyl (C=O) groups is 1. The third kappa shape index (κ3) is 5.01. The standard InChI is InChI=1S/C4H5O3/c1-2-3-7-4(5)6/h2H,1,3H2. The van der Waals surface area contributed by atoms with Crippen molar-refractivity contribution in [2.45, 2.75) is 0 Å². The van der Waals surface area contributed by atoms with Crippen LogP contribution in [0, 0.1) is 0 Å². The summed E-state index contributed by atoms with van der Waals surface area (Å²) in [6, 6.07) is 0. The van der Waals surface area contributed by atoms with E-state index in [2.05, 4.69) is 11.3 Å². The second-order valence-electron chi connectivity index (χ2n) is 0.850. The number of ether oxygens (including phenoxy) is 1. The van der Waals surface area contributed by atoms with Gasteiger partial charge in [0.15, 0.2) is 0 Å². The Morgan fingerprint density at radius 3 is 2.57 bits per heavy atom. The quantitative estimate of drug-likeness (QED) is 0.380. The molecule has 3 nitrogen and oxygen atoms in total. The highest BCUT2D eigenvalue weighted by Crippen LogP contribution is 1.74. The van der Waals surface area contributed by atoms with Crippen LogP contribution in [0.2, 0.25) is 0 Å². The second kappa shape index (κ2) is 3.21. The fourth-order valence-electron chi connectivity index (χ4n) is 0.127. The Kier molecular flexibility index (Phi) is 2.76. The summed E-state index contributed by atoms with van der Waals surface area (Å²) >= 11 is 0. The van der Waals surface area contributed by atoms with Gasteiger partial charge < -0.3 is 4.74 Å². The van der Waals surface area contributed by atoms with Gasteiger partial charge in [0.25, 0.3) is 0 Å². The Hall–Kier alpha value is -0.990. The van der Waals surface area contributed by atoms with Gasteiger partial charge in [-0.05, 0) is 0 Å². The molecule has 0 heterocycles. The normalized spacial score (nSPS) is 7.43. The van der Waals surface area contributed by atoms with Crippen molar-refractivity contribution in [1.82, 2.24) is 0 Å². The maximum absolute atomic E-state index is 9.38. The average Bonchev–Trinajstić information content (AvgIpc) is 1.61. The molecule has 0 N–H and O–H groups in total. The summed E-state index contributed by atoms with van der Waals surface area (Å²) in [6.07, 6.45) is -0.185. The van der Waals surface area contributed by atoms with Gasteiger partial charge in [-0.15, -0.1) is 0 Å². The van der Waals surface area contributed by atoms with E-state index >= 15 is 0 Å². The van der Waals surface area contributed by atoms with E-state index in [1.165, 1.54) is 6.08 Å². The molecule has 0 aliphatic heterocycles. The molecule has 0 unspecified atom stereocenters. The number of carbonyl (C=O) groups excluding carboxylic acids is 1. The number of hydrogen-bond donors (Lipinski definition) is 0. The summed E-state index contributed by atoms with van der Waals surface area (Å²) in [5, 5.41) is 9.38. The van der Waals surface area contributed by atoms with Gasteiger partial charge >= 0.3 is 6.16 Å². The molecule has 0 fully saturated rings. The lowest BCUT2D eigenvalue weighted by Gasteiger charge is -1.86. The average molecular weight is 101 g/mol. The maximum Gasteiger partial charge on any atom is 0.550 e. The van der Waals surface area contributed by atoms with Gasteiger partial charge in [0.2, 0.25) is 0 Å². The fraction of sp³-hybridized carbons (Fsp3) is 0.250. The van der Waals surface area contributed by atoms with Crippen LogP contribution in [0.25, 0.3) is 0 Å². The second-order valence-corrected chi connectivity index (χ2v) is 0.850. The van der Waals surface area contributed by atoms with Crippen molar-refractivity contribution in [3.63, 3.8) is 0 Å². The molecule has 0 aromatic carbocycles. The van der Waals surface area contributed by atoms with Gasteiger partial charge in [-0.25, -0.2) is 0 Å². The van der Waals surface area contributed by atoms with E-state index in [4.69, 9.17) is 0 Å². The molecule has 0 atom stereocenters. The summed E-state index contributed by atoms with van der Waals surface area (Å²) in [7, 11) is 0. The third-order valence-electron chi connectivity index (χ3n) is 0.319. The molecule has 0 amide bonds. The highest BCUT2D eigenvalue weighted by molar-refractivity contribution is 5.56. The maximum atomic E-state index is 9.38. The molecule has 0 saturated carbocycles. The predicted molar refractivity (Wildman–Crippen MR) is 22.2 cm³/mol. The molecule has 0 spiro atoms. The minimum Gasteiger partial charge on any atom is -0.428 e. The molecule has 0 bridgehead atoms. The van der Waals surface area contributed by atoms with Crippen LogP contribution < -0.4 is 0 Å². The zero-order valence-corrected chi connectivity index (χ0v) is 3.72. The largest absolute Gasteiger partial charge is 0.550 e. The lowest BCUT2D eigenvalue weighted by Crippen LogP contribution is -1.96. The zero-order valence-electron chi connectivity index (χ0n) is 3.72. The first-order valence-electron chi connectivity index (χ1n) is 1.72. The van der Waals surface area contributed by atoms with Crippen LogP contribution in [0.3, 0.4) is 0 Å². The molecule has 39 valence electrons. The van der Waals surface area contributed by atoms with Crippen molar-refractivity contribution < 1.29 is 14.6 Å². The highest BCUT2D eigenvalue weighted by atomic mass is 16.7. The lowest BCUT2D eigenvalue weighted by molar-refractivity contribution is 0.0770. The molecule has 0 saturated heterocycles. The topological polar surface area (TPSA) is 46.2 Å². The molecule has 7 heavy (non-hydrogen) atoms. The van der Waals surface area contributed by atoms with Crippen LogP contribution in [-0.4, -0.2) is 12.8 Å². The lowest BCUT2D eigenvalue weighted by atomic mass is 10.7. The molecule has 0 aliphatic carbocycles. The van der Waals surface area contributed by atoms with Gasteiger partial charge in [0, 0.05) is 0 Å². The van der Waals surface area contributed by atoms with E-state index in [1.807, 2.05) is 0 Å². The van der Waals surface area contributed by atoms with Crippen molar-refractivity contribution in [2.24, 2.45) is 0 Å². The van der Waals surface area contributed by atoms with Crippen LogP contribution in [0.4, 0.5) is 4.79 Å². The smallest absolute Gasteiger partial charge is 0.428 e. The fourth-order valence-corrected chi connectivity index (χ4v) is 0.127. The Balaban J connectivity index is 2.97. The van der Waals surface area contributed by atoms with Gasteiger partial charge in [-0.2, -0.15) is 9.90 Å². The Labute approximate surface area is 41.2 Å². The molecule has 1 radical (unpaired) electrons. The van der Waals surface area contributed by atoms with Crippen LogP contribution in [0.15, 0.2) is 12.7 Å². The van der Waals surface area contributed by atoms with Gasteiger partial charge in [-0.1, -0.05) is 12.7 Å². The Morgan fingerprint density at radius 1 is 1.86 bits per heavy atom. The first-order valence-corrected chi connectivity index (χ1v) is 1.72. The molecule has 3 heteroatoms. The van der Waals surface area contributed by atoms with Crippen molar-refractivity contribution in [3.05, 3.63) is 12.7 Å². The van der Waals surface area contributed by atoms with E-state index in [9.17, 15) is 9.90 Å². The SMILES string of the molecule is C=CCOC([O])=O. The summed E-state index contributed by atoms with van der Waals surface area (Å²) < 4.78 is 3.88. The van der Waals surface area contributed by atoms with Crippen LogP contribution in [-0.2, 0) is 9.84 Å². The molecular formula is C4H5O3. The minimum atomic E-state index is -1.51. The van der Waals surface area contributed by atoms with E-state index in [0.29, 0.717) is 0 Å². The summed E-state index contributed by atoms with van der Waals surface area (Å²) in [5.74, 6) is 0. The first kappa shape index (κ1) is 6.01. The molecule has 0 rings (SSSR count). The van der Waals surface area contributed by atoms with Crippen LogP contribution in [0.5, 0.6) is 0 Å². The third-order valence-corrected chi connectivity index (χ3v) is 0.319. The van der Waals surface area contributed by atoms with Crippen LogP contribution in [0.1, 0.15) is 0 Å². The number of hydrogen-bond acceptors (Lipinski definition) is 2. The monoisotopic (exact) mass is 101 g/mol. The molecular weight excluding hydrogens is 96.0 g/mol. The molecule has 0 aromatic heterocycles. The van der Waals surface area contributed by atoms with Gasteiger partial charge in [0.05, 0.1) is 0 Å². The highest BCUT2D eigenvalue weighted by Gasteiger charge is 1.92. The summed E-state index contributed by atoms with van der Waals surface area (Å²) in [6.45, 7) is 3.22. The van der Waals surface area contributed by atoms with E-state index in [-0.39, 0.29) is 6.61 Å². The van der Waals surface area contributed by atoms with Crippen LogP contribution >= 0.6 is 0 Å². The number of rotatable bonds is 2. The summed E-state index contributed by atoms with van der Waals surface area (Å²) in [5.41, 5.74) is 0. The van der Waals surface area contributed by atoms with Crippen molar-refractivity contribution >= 4 is 6.16 Å². The Bertz CT molecular complexity index is 77.0. The van der Waals surface area contributed by atoms with Crippen molar-refractivity contribution in [2.75, 3.05) is 6.61 Å². The van der Waals surface area contributed by atoms with Gasteiger partial charge in [0.1, 0.15) is 6.61 Å². The predicted octanol–water partition coefficient (Wildman–Crippen LogP) is 0.740. The minimum absolute atomic E-state index is 0.00231. The molecule has 0 aliphatic rings. The van der Waals surface area contributed by atoms with E-state index < -0.39 is 6.16 Å². The van der Waals surface area contributed by atoms with Gasteiger partial charge in [-0.3, -0.25) is 0 Å². The van der Waals surface area contributed by atoms with Crippen molar-refractivity contribution in [3.8, 4) is 0 Å². The van der Waals surface area contributed by atoms with E-state index in [1.54, 1.807) is 0 Å². The zero-order chi connectivity index (χ0) is 5.70. The summed E-state index contributed by atoms with van der Waals surface area (Å²) in [4.78, 5) is 9.38. The van der Waals surface area contributed by atoms with Crippen molar-refractivity contribution in [1.29, 1.82) is 0 Å².